The van der Waals surface area contributed by atoms with Gasteiger partial charge in [-0.1, -0.05) is 0 Å². The van der Waals surface area contributed by atoms with Crippen molar-refractivity contribution in [1.29, 1.82) is 0 Å². The summed E-state index contributed by atoms with van der Waals surface area (Å²) in [7, 11) is 0. The number of amides is 1. The smallest absolute Gasteiger partial charge is 0.269 e. The van der Waals surface area contributed by atoms with Crippen LogP contribution in [0.1, 0.15) is 24.5 Å². The average molecular weight is 314 g/mol. The van der Waals surface area contributed by atoms with Crippen molar-refractivity contribution >= 4 is 17.3 Å². The molecular formula is C16H18N4O3. The molecule has 0 spiro atoms. The fourth-order valence-corrected chi connectivity index (χ4v) is 3.03. The number of carbonyl (C=O) groups excluding carboxylic acids is 1. The molecule has 0 radical (unpaired) electrons. The molecule has 120 valence electrons. The predicted molar refractivity (Wildman–Crippen MR) is 85.3 cm³/mol. The maximum absolute atomic E-state index is 12.6. The minimum absolute atomic E-state index is 0.0123. The Bertz CT molecular complexity index is 768. The molecule has 0 fully saturated rings. The van der Waals surface area contributed by atoms with E-state index in [4.69, 9.17) is 0 Å². The lowest BCUT2D eigenvalue weighted by molar-refractivity contribution is -0.384. The molecule has 1 aromatic carbocycles. The van der Waals surface area contributed by atoms with Crippen molar-refractivity contribution in [2.24, 2.45) is 0 Å². The second kappa shape index (κ2) is 5.83. The number of hydrogen-bond donors (Lipinski definition) is 0. The Hall–Kier alpha value is -2.70. The van der Waals surface area contributed by atoms with Gasteiger partial charge in [-0.2, -0.15) is 5.10 Å². The van der Waals surface area contributed by atoms with E-state index >= 15 is 0 Å². The first kappa shape index (κ1) is 15.2. The van der Waals surface area contributed by atoms with Crippen LogP contribution in [0.4, 0.5) is 11.4 Å². The van der Waals surface area contributed by atoms with Crippen LogP contribution in [0.25, 0.3) is 0 Å². The summed E-state index contributed by atoms with van der Waals surface area (Å²) in [4.78, 5) is 24.8. The number of fused-ring (bicyclic) bond motifs is 1. The summed E-state index contributed by atoms with van der Waals surface area (Å²) in [6, 6.07) is 4.70. The van der Waals surface area contributed by atoms with Crippen LogP contribution < -0.4 is 4.90 Å². The zero-order valence-corrected chi connectivity index (χ0v) is 13.1. The van der Waals surface area contributed by atoms with Crippen molar-refractivity contribution in [3.8, 4) is 0 Å². The predicted octanol–water partition coefficient (Wildman–Crippen LogP) is 2.47. The molecule has 7 heteroatoms. The van der Waals surface area contributed by atoms with Crippen molar-refractivity contribution in [3.05, 3.63) is 51.8 Å². The fraction of sp³-hybridized carbons (Fsp3) is 0.375. The van der Waals surface area contributed by atoms with Gasteiger partial charge in [0.2, 0.25) is 5.91 Å². The SMILES string of the molecule is Cc1cnn(CCC(=O)N2c3ccc([N+](=O)[O-])cc3C[C@@H]2C)c1. The molecule has 0 saturated carbocycles. The number of benzene rings is 1. The zero-order chi connectivity index (χ0) is 16.6. The molecule has 1 aromatic heterocycles. The van der Waals surface area contributed by atoms with E-state index in [1.807, 2.05) is 20.0 Å². The minimum atomic E-state index is -0.407. The molecule has 2 heterocycles. The number of anilines is 1. The van der Waals surface area contributed by atoms with Crippen molar-refractivity contribution in [1.82, 2.24) is 9.78 Å². The van der Waals surface area contributed by atoms with Crippen LogP contribution in [0.2, 0.25) is 0 Å². The lowest BCUT2D eigenvalue weighted by atomic mass is 10.1. The highest BCUT2D eigenvalue weighted by Gasteiger charge is 2.31. The average Bonchev–Trinajstić information content (AvgIpc) is 3.06. The molecule has 7 nitrogen and oxygen atoms in total. The van der Waals surface area contributed by atoms with Gasteiger partial charge in [-0.3, -0.25) is 19.6 Å². The van der Waals surface area contributed by atoms with E-state index in [0.29, 0.717) is 19.4 Å². The van der Waals surface area contributed by atoms with E-state index in [9.17, 15) is 14.9 Å². The molecule has 0 saturated heterocycles. The van der Waals surface area contributed by atoms with Crippen LogP contribution in [0.15, 0.2) is 30.6 Å². The molecule has 2 aromatic rings. The Morgan fingerprint density at radius 3 is 2.91 bits per heavy atom. The third-order valence-corrected chi connectivity index (χ3v) is 4.08. The highest BCUT2D eigenvalue weighted by molar-refractivity contribution is 5.96. The molecule has 0 bridgehead atoms. The van der Waals surface area contributed by atoms with Crippen molar-refractivity contribution in [2.45, 2.75) is 39.3 Å². The van der Waals surface area contributed by atoms with Crippen LogP contribution >= 0.6 is 0 Å². The molecule has 23 heavy (non-hydrogen) atoms. The molecule has 1 amide bonds. The first-order valence-corrected chi connectivity index (χ1v) is 7.54. The largest absolute Gasteiger partial charge is 0.309 e. The molecule has 1 atom stereocenters. The van der Waals surface area contributed by atoms with Gasteiger partial charge in [0.05, 0.1) is 11.1 Å². The minimum Gasteiger partial charge on any atom is -0.309 e. The lowest BCUT2D eigenvalue weighted by Crippen LogP contribution is -2.36. The van der Waals surface area contributed by atoms with E-state index < -0.39 is 4.92 Å². The maximum atomic E-state index is 12.6. The number of carbonyl (C=O) groups is 1. The summed E-state index contributed by atoms with van der Waals surface area (Å²) in [5, 5.41) is 15.1. The molecule has 0 N–H and O–H groups in total. The zero-order valence-electron chi connectivity index (χ0n) is 13.1. The van der Waals surface area contributed by atoms with Crippen molar-refractivity contribution in [3.63, 3.8) is 0 Å². The molecule has 1 aliphatic heterocycles. The number of non-ortho nitro benzene ring substituents is 1. The van der Waals surface area contributed by atoms with Gasteiger partial charge < -0.3 is 4.90 Å². The van der Waals surface area contributed by atoms with E-state index in [0.717, 1.165) is 16.8 Å². The second-order valence-electron chi connectivity index (χ2n) is 5.92. The molecule has 0 aliphatic carbocycles. The summed E-state index contributed by atoms with van der Waals surface area (Å²) in [5.74, 6) is 0.0123. The second-order valence-corrected chi connectivity index (χ2v) is 5.92. The van der Waals surface area contributed by atoms with Gasteiger partial charge in [-0.15, -0.1) is 0 Å². The van der Waals surface area contributed by atoms with Crippen LogP contribution in [-0.4, -0.2) is 26.7 Å². The van der Waals surface area contributed by atoms with Gasteiger partial charge in [0.25, 0.3) is 5.69 Å². The highest BCUT2D eigenvalue weighted by Crippen LogP contribution is 2.35. The molecule has 0 unspecified atom stereocenters. The molecule has 1 aliphatic rings. The van der Waals surface area contributed by atoms with Crippen molar-refractivity contribution < 1.29 is 9.72 Å². The number of aromatic nitrogens is 2. The summed E-state index contributed by atoms with van der Waals surface area (Å²) >= 11 is 0. The standard InChI is InChI=1S/C16H18N4O3/c1-11-9-17-18(10-11)6-5-16(21)19-12(2)7-13-8-14(20(22)23)3-4-15(13)19/h3-4,8-10,12H,5-7H2,1-2H3/t12-/m0/s1. The van der Waals surface area contributed by atoms with Crippen LogP contribution in [0.3, 0.4) is 0 Å². The summed E-state index contributed by atoms with van der Waals surface area (Å²) < 4.78 is 1.75. The number of aryl methyl sites for hydroxylation is 2. The Balaban J connectivity index is 1.75. The maximum Gasteiger partial charge on any atom is 0.269 e. The normalized spacial score (nSPS) is 16.4. The van der Waals surface area contributed by atoms with E-state index in [-0.39, 0.29) is 17.6 Å². The summed E-state index contributed by atoms with van der Waals surface area (Å²) in [6.07, 6.45) is 4.65. The van der Waals surface area contributed by atoms with Gasteiger partial charge in [0.1, 0.15) is 0 Å². The van der Waals surface area contributed by atoms with E-state index in [1.54, 1.807) is 27.9 Å². The third-order valence-electron chi connectivity index (χ3n) is 4.08. The van der Waals surface area contributed by atoms with Gasteiger partial charge in [0, 0.05) is 43.0 Å². The fourth-order valence-electron chi connectivity index (χ4n) is 3.03. The lowest BCUT2D eigenvalue weighted by Gasteiger charge is -2.22. The molecule has 3 rings (SSSR count). The van der Waals surface area contributed by atoms with Crippen LogP contribution in [0.5, 0.6) is 0 Å². The Morgan fingerprint density at radius 1 is 1.48 bits per heavy atom. The van der Waals surface area contributed by atoms with Crippen molar-refractivity contribution in [2.75, 3.05) is 4.90 Å². The number of hydrogen-bond acceptors (Lipinski definition) is 4. The monoisotopic (exact) mass is 314 g/mol. The number of nitro groups is 1. The Labute approximate surface area is 133 Å². The summed E-state index contributed by atoms with van der Waals surface area (Å²) in [6.45, 7) is 4.44. The van der Waals surface area contributed by atoms with Gasteiger partial charge in [0.15, 0.2) is 0 Å². The first-order valence-electron chi connectivity index (χ1n) is 7.54. The van der Waals surface area contributed by atoms with E-state index in [1.165, 1.54) is 6.07 Å². The third kappa shape index (κ3) is 2.94. The summed E-state index contributed by atoms with van der Waals surface area (Å²) in [5.41, 5.74) is 2.77. The Kier molecular flexibility index (Phi) is 3.85. The highest BCUT2D eigenvalue weighted by atomic mass is 16.6. The van der Waals surface area contributed by atoms with Gasteiger partial charge >= 0.3 is 0 Å². The number of nitro benzene ring substituents is 1. The number of nitrogens with zero attached hydrogens (tertiary/aromatic N) is 4. The Morgan fingerprint density at radius 2 is 2.26 bits per heavy atom. The van der Waals surface area contributed by atoms with E-state index in [2.05, 4.69) is 5.10 Å². The quantitative estimate of drug-likeness (QED) is 0.641. The van der Waals surface area contributed by atoms with Gasteiger partial charge in [-0.05, 0) is 37.5 Å². The van der Waals surface area contributed by atoms with Crippen LogP contribution in [0, 0.1) is 17.0 Å². The topological polar surface area (TPSA) is 81.3 Å². The molecular weight excluding hydrogens is 296 g/mol. The number of rotatable bonds is 4. The first-order chi connectivity index (χ1) is 11.0. The van der Waals surface area contributed by atoms with Gasteiger partial charge in [-0.25, -0.2) is 0 Å². The van der Waals surface area contributed by atoms with Crippen LogP contribution in [-0.2, 0) is 17.8 Å².